The van der Waals surface area contributed by atoms with Gasteiger partial charge in [0.15, 0.2) is 5.65 Å². The maximum Gasteiger partial charge on any atom is 0.163 e. The highest BCUT2D eigenvalue weighted by Gasteiger charge is 2.16. The summed E-state index contributed by atoms with van der Waals surface area (Å²) in [5.74, 6) is 1.59. The number of anilines is 1. The number of aryl methyl sites for hydroxylation is 3. The standard InChI is InChI=1S/C19H25N5O/c1-4-5-17-22-18(15-12-20-24(3)19(15)23-17)21-16(10-11-25)14-8-6-13(2)7-9-14/h6-9,12,16,25H,4-5,10-11H2,1-3H3,(H,21,22,23)/t16-/m1/s1. The van der Waals surface area contributed by atoms with E-state index in [9.17, 15) is 5.11 Å². The van der Waals surface area contributed by atoms with E-state index in [4.69, 9.17) is 4.98 Å². The quantitative estimate of drug-likeness (QED) is 0.691. The maximum atomic E-state index is 9.50. The summed E-state index contributed by atoms with van der Waals surface area (Å²) in [4.78, 5) is 9.33. The molecule has 3 rings (SSSR count). The first-order valence-corrected chi connectivity index (χ1v) is 8.75. The molecule has 6 nitrogen and oxygen atoms in total. The van der Waals surface area contributed by atoms with Gasteiger partial charge in [0.05, 0.1) is 17.6 Å². The molecule has 2 aromatic heterocycles. The van der Waals surface area contributed by atoms with Crippen LogP contribution in [-0.2, 0) is 13.5 Å². The smallest absolute Gasteiger partial charge is 0.163 e. The molecule has 1 atom stereocenters. The Balaban J connectivity index is 1.99. The van der Waals surface area contributed by atoms with E-state index in [0.29, 0.717) is 6.42 Å². The van der Waals surface area contributed by atoms with E-state index in [2.05, 4.69) is 53.5 Å². The molecule has 0 aliphatic heterocycles. The summed E-state index contributed by atoms with van der Waals surface area (Å²) in [7, 11) is 1.89. The summed E-state index contributed by atoms with van der Waals surface area (Å²) < 4.78 is 1.77. The second-order valence-corrected chi connectivity index (χ2v) is 6.36. The van der Waals surface area contributed by atoms with Crippen LogP contribution in [0.15, 0.2) is 30.5 Å². The summed E-state index contributed by atoms with van der Waals surface area (Å²) in [6.07, 6.45) is 4.21. The van der Waals surface area contributed by atoms with Crippen molar-refractivity contribution in [1.82, 2.24) is 19.7 Å². The van der Waals surface area contributed by atoms with E-state index >= 15 is 0 Å². The van der Waals surface area contributed by atoms with Crippen LogP contribution in [0.3, 0.4) is 0 Å². The van der Waals surface area contributed by atoms with Gasteiger partial charge in [-0.25, -0.2) is 9.97 Å². The molecule has 2 N–H and O–H groups in total. The Hall–Kier alpha value is -2.47. The number of aliphatic hydroxyl groups excluding tert-OH is 1. The van der Waals surface area contributed by atoms with Crippen molar-refractivity contribution in [1.29, 1.82) is 0 Å². The molecule has 3 aromatic rings. The van der Waals surface area contributed by atoms with Crippen LogP contribution in [0.25, 0.3) is 11.0 Å². The van der Waals surface area contributed by atoms with Gasteiger partial charge in [-0.15, -0.1) is 0 Å². The fraction of sp³-hybridized carbons (Fsp3) is 0.421. The Bertz CT molecular complexity index is 841. The Labute approximate surface area is 147 Å². The molecule has 0 spiro atoms. The zero-order valence-electron chi connectivity index (χ0n) is 15.0. The number of benzene rings is 1. The Morgan fingerprint density at radius 1 is 1.20 bits per heavy atom. The number of aliphatic hydroxyl groups is 1. The lowest BCUT2D eigenvalue weighted by molar-refractivity contribution is 0.280. The molecule has 0 saturated carbocycles. The van der Waals surface area contributed by atoms with E-state index in [1.54, 1.807) is 10.9 Å². The summed E-state index contributed by atoms with van der Waals surface area (Å²) >= 11 is 0. The minimum Gasteiger partial charge on any atom is -0.396 e. The van der Waals surface area contributed by atoms with Gasteiger partial charge in [-0.05, 0) is 25.3 Å². The molecule has 0 bridgehead atoms. The topological polar surface area (TPSA) is 75.9 Å². The molecule has 0 fully saturated rings. The lowest BCUT2D eigenvalue weighted by Crippen LogP contribution is -2.15. The number of nitrogens with zero attached hydrogens (tertiary/aromatic N) is 4. The van der Waals surface area contributed by atoms with Crippen LogP contribution in [0.2, 0.25) is 0 Å². The summed E-state index contributed by atoms with van der Waals surface area (Å²) in [6.45, 7) is 4.29. The molecule has 1 aromatic carbocycles. The Kier molecular flexibility index (Phi) is 5.28. The molecule has 6 heteroatoms. The second-order valence-electron chi connectivity index (χ2n) is 6.36. The van der Waals surface area contributed by atoms with Crippen LogP contribution in [0.5, 0.6) is 0 Å². The number of nitrogens with one attached hydrogen (secondary N) is 1. The van der Waals surface area contributed by atoms with Gasteiger partial charge < -0.3 is 10.4 Å². The third kappa shape index (κ3) is 3.79. The number of hydrogen-bond donors (Lipinski definition) is 2. The van der Waals surface area contributed by atoms with Crippen molar-refractivity contribution < 1.29 is 5.11 Å². The average molecular weight is 339 g/mol. The molecule has 0 amide bonds. The summed E-state index contributed by atoms with van der Waals surface area (Å²) in [5.41, 5.74) is 3.17. The average Bonchev–Trinajstić information content (AvgIpc) is 2.97. The number of rotatable bonds is 7. The van der Waals surface area contributed by atoms with Crippen molar-refractivity contribution in [3.63, 3.8) is 0 Å². The summed E-state index contributed by atoms with van der Waals surface area (Å²) in [5, 5.41) is 18.2. The number of aromatic nitrogens is 4. The van der Waals surface area contributed by atoms with Gasteiger partial charge >= 0.3 is 0 Å². The Morgan fingerprint density at radius 3 is 2.64 bits per heavy atom. The zero-order valence-corrected chi connectivity index (χ0v) is 15.0. The lowest BCUT2D eigenvalue weighted by atomic mass is 10.0. The number of fused-ring (bicyclic) bond motifs is 1. The van der Waals surface area contributed by atoms with Gasteiger partial charge in [0.2, 0.25) is 0 Å². The lowest BCUT2D eigenvalue weighted by Gasteiger charge is -2.20. The fourth-order valence-electron chi connectivity index (χ4n) is 2.93. The van der Waals surface area contributed by atoms with Crippen molar-refractivity contribution in [2.45, 2.75) is 39.2 Å². The van der Waals surface area contributed by atoms with Crippen LogP contribution in [-0.4, -0.2) is 31.5 Å². The van der Waals surface area contributed by atoms with E-state index < -0.39 is 0 Å². The van der Waals surface area contributed by atoms with E-state index in [1.165, 1.54) is 5.56 Å². The molecular weight excluding hydrogens is 314 g/mol. The minimum absolute atomic E-state index is 0.0154. The van der Waals surface area contributed by atoms with Crippen LogP contribution in [0.1, 0.15) is 42.8 Å². The van der Waals surface area contributed by atoms with Crippen LogP contribution < -0.4 is 5.32 Å². The van der Waals surface area contributed by atoms with Crippen molar-refractivity contribution >= 4 is 16.9 Å². The third-order valence-corrected chi connectivity index (χ3v) is 4.32. The molecule has 2 heterocycles. The van der Waals surface area contributed by atoms with Gasteiger partial charge in [0, 0.05) is 20.1 Å². The van der Waals surface area contributed by atoms with Gasteiger partial charge in [-0.1, -0.05) is 36.8 Å². The van der Waals surface area contributed by atoms with Crippen molar-refractivity contribution in [2.24, 2.45) is 7.05 Å². The first-order valence-electron chi connectivity index (χ1n) is 8.75. The molecule has 132 valence electrons. The number of hydrogen-bond acceptors (Lipinski definition) is 5. The summed E-state index contributed by atoms with van der Waals surface area (Å²) in [6, 6.07) is 8.35. The SMILES string of the molecule is CCCc1nc(N[C@H](CCO)c2ccc(C)cc2)c2cnn(C)c2n1. The molecule has 0 aliphatic rings. The molecule has 0 aliphatic carbocycles. The highest BCUT2D eigenvalue weighted by atomic mass is 16.3. The molecule has 0 saturated heterocycles. The minimum atomic E-state index is -0.0154. The predicted molar refractivity (Wildman–Crippen MR) is 99.5 cm³/mol. The van der Waals surface area contributed by atoms with Crippen LogP contribution in [0.4, 0.5) is 5.82 Å². The largest absolute Gasteiger partial charge is 0.396 e. The first-order chi connectivity index (χ1) is 12.1. The normalized spacial score (nSPS) is 12.5. The van der Waals surface area contributed by atoms with Crippen LogP contribution in [0, 0.1) is 6.92 Å². The van der Waals surface area contributed by atoms with Crippen molar-refractivity contribution in [2.75, 3.05) is 11.9 Å². The Morgan fingerprint density at radius 2 is 1.96 bits per heavy atom. The highest BCUT2D eigenvalue weighted by molar-refractivity contribution is 5.86. The molecule has 0 unspecified atom stereocenters. The highest BCUT2D eigenvalue weighted by Crippen LogP contribution is 2.27. The second kappa shape index (κ2) is 7.61. The first kappa shape index (κ1) is 17.4. The maximum absolute atomic E-state index is 9.50. The fourth-order valence-corrected chi connectivity index (χ4v) is 2.93. The van der Waals surface area contributed by atoms with Crippen LogP contribution >= 0.6 is 0 Å². The van der Waals surface area contributed by atoms with Gasteiger partial charge in [-0.3, -0.25) is 4.68 Å². The third-order valence-electron chi connectivity index (χ3n) is 4.32. The van der Waals surface area contributed by atoms with Gasteiger partial charge in [0.25, 0.3) is 0 Å². The van der Waals surface area contributed by atoms with E-state index in [1.807, 2.05) is 7.05 Å². The van der Waals surface area contributed by atoms with Crippen molar-refractivity contribution in [3.05, 3.63) is 47.4 Å². The van der Waals surface area contributed by atoms with E-state index in [-0.39, 0.29) is 12.6 Å². The predicted octanol–water partition coefficient (Wildman–Crippen LogP) is 3.16. The molecule has 25 heavy (non-hydrogen) atoms. The zero-order chi connectivity index (χ0) is 17.8. The molecular formula is C19H25N5O. The van der Waals surface area contributed by atoms with Crippen molar-refractivity contribution in [3.8, 4) is 0 Å². The molecule has 0 radical (unpaired) electrons. The monoisotopic (exact) mass is 339 g/mol. The van der Waals surface area contributed by atoms with Gasteiger partial charge in [0.1, 0.15) is 11.6 Å². The van der Waals surface area contributed by atoms with Gasteiger partial charge in [-0.2, -0.15) is 5.10 Å². The van der Waals surface area contributed by atoms with E-state index in [0.717, 1.165) is 41.1 Å².